The number of hydrogen-bond donors (Lipinski definition) is 3. The molecule has 0 aromatic heterocycles. The number of carbonyl (C=O) groups is 1. The van der Waals surface area contributed by atoms with Crippen LogP contribution in [0.15, 0.2) is 0 Å². The fourth-order valence-electron chi connectivity index (χ4n) is 2.95. The second-order valence-corrected chi connectivity index (χ2v) is 5.52. The van der Waals surface area contributed by atoms with E-state index < -0.39 is 0 Å². The van der Waals surface area contributed by atoms with E-state index >= 15 is 0 Å². The van der Waals surface area contributed by atoms with E-state index in [4.69, 9.17) is 0 Å². The Hall–Kier alpha value is -0.610. The Morgan fingerprint density at radius 2 is 2.00 bits per heavy atom. The average molecular weight is 240 g/mol. The van der Waals surface area contributed by atoms with Crippen LogP contribution in [-0.4, -0.2) is 35.7 Å². The van der Waals surface area contributed by atoms with Gasteiger partial charge in [0, 0.05) is 0 Å². The quantitative estimate of drug-likeness (QED) is 0.669. The van der Waals surface area contributed by atoms with Crippen molar-refractivity contribution in [3.05, 3.63) is 0 Å². The topological polar surface area (TPSA) is 61.4 Å². The first-order valence-corrected chi connectivity index (χ1v) is 6.90. The van der Waals surface area contributed by atoms with Gasteiger partial charge in [-0.25, -0.2) is 0 Å². The number of amides is 1. The molecule has 1 aliphatic heterocycles. The van der Waals surface area contributed by atoms with Crippen molar-refractivity contribution in [2.45, 2.75) is 63.6 Å². The molecule has 2 aliphatic rings. The Kier molecular flexibility index (Phi) is 4.40. The monoisotopic (exact) mass is 240 g/mol. The molecule has 2 fully saturated rings. The molecule has 1 aliphatic carbocycles. The second-order valence-electron chi connectivity index (χ2n) is 5.52. The highest BCUT2D eigenvalue weighted by Gasteiger charge is 2.31. The SMILES string of the molecule is CC1CCCNC1C(=O)N[C@H]1CCCC[C@@H]1O. The lowest BCUT2D eigenvalue weighted by Crippen LogP contribution is -2.55. The summed E-state index contributed by atoms with van der Waals surface area (Å²) in [6.45, 7) is 3.04. The van der Waals surface area contributed by atoms with Crippen molar-refractivity contribution in [1.82, 2.24) is 10.6 Å². The minimum Gasteiger partial charge on any atom is -0.391 e. The van der Waals surface area contributed by atoms with Crippen molar-refractivity contribution in [3.8, 4) is 0 Å². The molecule has 1 saturated heterocycles. The van der Waals surface area contributed by atoms with Gasteiger partial charge in [-0.05, 0) is 38.1 Å². The first-order chi connectivity index (χ1) is 8.18. The van der Waals surface area contributed by atoms with E-state index in [-0.39, 0.29) is 24.1 Å². The van der Waals surface area contributed by atoms with Gasteiger partial charge >= 0.3 is 0 Å². The third-order valence-electron chi connectivity index (χ3n) is 4.11. The standard InChI is InChI=1S/C13H24N2O2/c1-9-5-4-8-14-12(9)13(17)15-10-6-2-3-7-11(10)16/h9-12,14,16H,2-8H2,1H3,(H,15,17)/t9?,10-,11-,12?/m0/s1. The van der Waals surface area contributed by atoms with Crippen molar-refractivity contribution in [3.63, 3.8) is 0 Å². The lowest BCUT2D eigenvalue weighted by Gasteiger charge is -2.33. The van der Waals surface area contributed by atoms with Gasteiger partial charge in [-0.15, -0.1) is 0 Å². The van der Waals surface area contributed by atoms with Gasteiger partial charge in [0.2, 0.25) is 5.91 Å². The lowest BCUT2D eigenvalue weighted by molar-refractivity contribution is -0.126. The highest BCUT2D eigenvalue weighted by molar-refractivity contribution is 5.82. The number of carbonyl (C=O) groups excluding carboxylic acids is 1. The molecule has 2 unspecified atom stereocenters. The van der Waals surface area contributed by atoms with Crippen LogP contribution in [0.5, 0.6) is 0 Å². The summed E-state index contributed by atoms with van der Waals surface area (Å²) in [5.74, 6) is 0.465. The van der Waals surface area contributed by atoms with E-state index in [1.807, 2.05) is 0 Å². The Balaban J connectivity index is 1.86. The molecule has 0 spiro atoms. The summed E-state index contributed by atoms with van der Waals surface area (Å²) in [5.41, 5.74) is 0. The first-order valence-electron chi connectivity index (χ1n) is 6.90. The summed E-state index contributed by atoms with van der Waals surface area (Å²) in [7, 11) is 0. The van der Waals surface area contributed by atoms with Gasteiger partial charge in [0.05, 0.1) is 18.2 Å². The average Bonchev–Trinajstić information content (AvgIpc) is 2.32. The maximum Gasteiger partial charge on any atom is 0.237 e. The van der Waals surface area contributed by atoms with Crippen molar-refractivity contribution in [1.29, 1.82) is 0 Å². The van der Waals surface area contributed by atoms with Gasteiger partial charge in [0.15, 0.2) is 0 Å². The normalized spacial score (nSPS) is 38.7. The molecule has 98 valence electrons. The van der Waals surface area contributed by atoms with Crippen molar-refractivity contribution in [2.75, 3.05) is 6.54 Å². The van der Waals surface area contributed by atoms with Gasteiger partial charge in [-0.1, -0.05) is 19.8 Å². The Bertz CT molecular complexity index is 270. The van der Waals surface area contributed by atoms with Crippen molar-refractivity contribution < 1.29 is 9.90 Å². The predicted molar refractivity (Wildman–Crippen MR) is 66.6 cm³/mol. The summed E-state index contributed by atoms with van der Waals surface area (Å²) < 4.78 is 0. The van der Waals surface area contributed by atoms with Crippen LogP contribution in [0.2, 0.25) is 0 Å². The first kappa shape index (κ1) is 12.8. The molecule has 0 aromatic rings. The molecule has 1 heterocycles. The molecule has 1 saturated carbocycles. The fraction of sp³-hybridized carbons (Fsp3) is 0.923. The molecule has 0 radical (unpaired) electrons. The summed E-state index contributed by atoms with van der Waals surface area (Å²) in [5, 5.41) is 16.1. The maximum atomic E-state index is 12.1. The Labute approximate surface area is 103 Å². The van der Waals surface area contributed by atoms with Gasteiger partial charge in [-0.3, -0.25) is 4.79 Å². The summed E-state index contributed by atoms with van der Waals surface area (Å²) >= 11 is 0. The van der Waals surface area contributed by atoms with E-state index in [0.717, 1.165) is 45.1 Å². The van der Waals surface area contributed by atoms with Crippen LogP contribution in [0.3, 0.4) is 0 Å². The van der Waals surface area contributed by atoms with Gasteiger partial charge in [0.25, 0.3) is 0 Å². The van der Waals surface area contributed by atoms with E-state index in [1.54, 1.807) is 0 Å². The highest BCUT2D eigenvalue weighted by Crippen LogP contribution is 2.20. The molecule has 4 atom stereocenters. The van der Waals surface area contributed by atoms with Crippen LogP contribution in [0.25, 0.3) is 0 Å². The number of aliphatic hydroxyl groups is 1. The summed E-state index contributed by atoms with van der Waals surface area (Å²) in [4.78, 5) is 12.1. The van der Waals surface area contributed by atoms with Crippen LogP contribution in [0, 0.1) is 5.92 Å². The molecule has 0 bridgehead atoms. The van der Waals surface area contributed by atoms with E-state index in [2.05, 4.69) is 17.6 Å². The van der Waals surface area contributed by atoms with Crippen molar-refractivity contribution in [2.24, 2.45) is 5.92 Å². The van der Waals surface area contributed by atoms with Crippen LogP contribution < -0.4 is 10.6 Å². The minimum atomic E-state index is -0.355. The van der Waals surface area contributed by atoms with Crippen LogP contribution in [0.4, 0.5) is 0 Å². The van der Waals surface area contributed by atoms with Crippen LogP contribution >= 0.6 is 0 Å². The summed E-state index contributed by atoms with van der Waals surface area (Å²) in [6, 6.07) is -0.106. The Morgan fingerprint density at radius 1 is 1.24 bits per heavy atom. The number of hydrogen-bond acceptors (Lipinski definition) is 3. The fourth-order valence-corrected chi connectivity index (χ4v) is 2.95. The molecule has 4 heteroatoms. The van der Waals surface area contributed by atoms with E-state index in [1.165, 1.54) is 0 Å². The maximum absolute atomic E-state index is 12.1. The van der Waals surface area contributed by atoms with Gasteiger partial charge in [-0.2, -0.15) is 0 Å². The van der Waals surface area contributed by atoms with Crippen LogP contribution in [0.1, 0.15) is 45.4 Å². The predicted octanol–water partition coefficient (Wildman–Crippen LogP) is 0.794. The Morgan fingerprint density at radius 3 is 2.71 bits per heavy atom. The van der Waals surface area contributed by atoms with E-state index in [0.29, 0.717) is 5.92 Å². The summed E-state index contributed by atoms with van der Waals surface area (Å²) in [6.07, 6.45) is 5.81. The molecule has 4 nitrogen and oxygen atoms in total. The van der Waals surface area contributed by atoms with Crippen LogP contribution in [-0.2, 0) is 4.79 Å². The smallest absolute Gasteiger partial charge is 0.237 e. The molecular formula is C13H24N2O2. The number of rotatable bonds is 2. The number of aliphatic hydroxyl groups excluding tert-OH is 1. The molecule has 0 aromatic carbocycles. The second kappa shape index (κ2) is 5.83. The third kappa shape index (κ3) is 3.19. The largest absolute Gasteiger partial charge is 0.391 e. The number of nitrogens with one attached hydrogen (secondary N) is 2. The molecular weight excluding hydrogens is 216 g/mol. The zero-order valence-corrected chi connectivity index (χ0v) is 10.6. The minimum absolute atomic E-state index is 0.0350. The van der Waals surface area contributed by atoms with Crippen molar-refractivity contribution >= 4 is 5.91 Å². The third-order valence-corrected chi connectivity index (χ3v) is 4.11. The lowest BCUT2D eigenvalue weighted by atomic mass is 9.89. The van der Waals surface area contributed by atoms with E-state index in [9.17, 15) is 9.90 Å². The molecule has 2 rings (SSSR count). The molecule has 1 amide bonds. The molecule has 17 heavy (non-hydrogen) atoms. The highest BCUT2D eigenvalue weighted by atomic mass is 16.3. The van der Waals surface area contributed by atoms with Gasteiger partial charge in [0.1, 0.15) is 0 Å². The number of piperidine rings is 1. The zero-order chi connectivity index (χ0) is 12.3. The zero-order valence-electron chi connectivity index (χ0n) is 10.6. The van der Waals surface area contributed by atoms with Gasteiger partial charge < -0.3 is 15.7 Å². The molecule has 3 N–H and O–H groups in total.